The summed E-state index contributed by atoms with van der Waals surface area (Å²) in [5, 5.41) is 10.7. The van der Waals surface area contributed by atoms with Gasteiger partial charge in [0.15, 0.2) is 0 Å². The van der Waals surface area contributed by atoms with Gasteiger partial charge < -0.3 is 20.9 Å². The smallest absolute Gasteiger partial charge is 0.00913 e. The number of nitrogens with zero attached hydrogens (tertiary/aromatic N) is 1. The third-order valence-electron chi connectivity index (χ3n) is 5.72. The van der Waals surface area contributed by atoms with Crippen LogP contribution in [0.4, 0.5) is 0 Å². The molecule has 4 nitrogen and oxygen atoms in total. The van der Waals surface area contributed by atoms with Crippen LogP contribution in [0.25, 0.3) is 0 Å². The van der Waals surface area contributed by atoms with E-state index < -0.39 is 0 Å². The molecule has 122 valence electrons. The van der Waals surface area contributed by atoms with Crippen LogP contribution in [0, 0.1) is 11.8 Å². The van der Waals surface area contributed by atoms with Crippen molar-refractivity contribution >= 4 is 0 Å². The first-order valence-electron chi connectivity index (χ1n) is 9.27. The molecule has 3 fully saturated rings. The molecule has 0 amide bonds. The van der Waals surface area contributed by atoms with Crippen molar-refractivity contribution in [3.8, 4) is 0 Å². The van der Waals surface area contributed by atoms with Crippen LogP contribution in [0.1, 0.15) is 38.5 Å². The van der Waals surface area contributed by atoms with Crippen molar-refractivity contribution in [3.05, 3.63) is 0 Å². The number of hydrogen-bond acceptors (Lipinski definition) is 4. The number of hydrogen-bond donors (Lipinski definition) is 3. The maximum atomic E-state index is 3.82. The molecule has 3 aliphatic heterocycles. The van der Waals surface area contributed by atoms with E-state index in [0.29, 0.717) is 0 Å². The van der Waals surface area contributed by atoms with E-state index in [2.05, 4.69) is 20.9 Å². The Bertz CT molecular complexity index is 277. The predicted molar refractivity (Wildman–Crippen MR) is 88.7 cm³/mol. The second kappa shape index (κ2) is 8.47. The fourth-order valence-corrected chi connectivity index (χ4v) is 4.16. The van der Waals surface area contributed by atoms with E-state index in [0.717, 1.165) is 17.9 Å². The average Bonchev–Trinajstić information content (AvgIpc) is 2.56. The molecule has 0 aromatic heterocycles. The lowest BCUT2D eigenvalue weighted by Crippen LogP contribution is -2.45. The molecule has 3 heterocycles. The Kier molecular flexibility index (Phi) is 6.34. The quantitative estimate of drug-likeness (QED) is 0.708. The fourth-order valence-electron chi connectivity index (χ4n) is 4.16. The van der Waals surface area contributed by atoms with E-state index in [1.807, 2.05) is 0 Å². The highest BCUT2D eigenvalue weighted by Crippen LogP contribution is 2.20. The Morgan fingerprint density at radius 3 is 2.05 bits per heavy atom. The molecule has 0 spiro atoms. The van der Waals surface area contributed by atoms with E-state index >= 15 is 0 Å². The molecule has 0 aliphatic carbocycles. The van der Waals surface area contributed by atoms with Gasteiger partial charge in [0.25, 0.3) is 0 Å². The van der Waals surface area contributed by atoms with Crippen molar-refractivity contribution in [3.63, 3.8) is 0 Å². The summed E-state index contributed by atoms with van der Waals surface area (Å²) in [7, 11) is 0. The Morgan fingerprint density at radius 2 is 1.38 bits per heavy atom. The van der Waals surface area contributed by atoms with Gasteiger partial charge >= 0.3 is 0 Å². The fraction of sp³-hybridized carbons (Fsp3) is 1.00. The van der Waals surface area contributed by atoms with Crippen LogP contribution in [0.2, 0.25) is 0 Å². The maximum Gasteiger partial charge on any atom is 0.00913 e. The van der Waals surface area contributed by atoms with Crippen LogP contribution in [0.5, 0.6) is 0 Å². The number of likely N-dealkylation sites (tertiary alicyclic amines) is 1. The minimum absolute atomic E-state index is 0.777. The first-order valence-corrected chi connectivity index (χ1v) is 9.27. The summed E-state index contributed by atoms with van der Waals surface area (Å²) in [5.74, 6) is 1.87. The number of rotatable bonds is 5. The molecule has 3 saturated heterocycles. The van der Waals surface area contributed by atoms with Gasteiger partial charge in [-0.15, -0.1) is 0 Å². The van der Waals surface area contributed by atoms with Crippen molar-refractivity contribution in [1.82, 2.24) is 20.9 Å². The lowest BCUT2D eigenvalue weighted by Gasteiger charge is -2.36. The summed E-state index contributed by atoms with van der Waals surface area (Å²) in [4.78, 5) is 2.73. The molecule has 3 aliphatic rings. The summed E-state index contributed by atoms with van der Waals surface area (Å²) in [5.41, 5.74) is 0. The first-order chi connectivity index (χ1) is 10.4. The summed E-state index contributed by atoms with van der Waals surface area (Å²) >= 11 is 0. The van der Waals surface area contributed by atoms with Gasteiger partial charge in [0.1, 0.15) is 0 Å². The average molecular weight is 294 g/mol. The molecule has 0 aromatic rings. The summed E-state index contributed by atoms with van der Waals surface area (Å²) in [6, 6.07) is 0.777. The Morgan fingerprint density at radius 1 is 0.762 bits per heavy atom. The number of nitrogens with one attached hydrogen (secondary N) is 3. The second-order valence-electron chi connectivity index (χ2n) is 7.37. The summed E-state index contributed by atoms with van der Waals surface area (Å²) < 4.78 is 0. The SMILES string of the molecule is C1CC(CN2CCC(CNC3CCNCC3)CC2)CCN1. The minimum atomic E-state index is 0.777. The summed E-state index contributed by atoms with van der Waals surface area (Å²) in [6.45, 7) is 10.2. The summed E-state index contributed by atoms with van der Waals surface area (Å²) in [6.07, 6.45) is 8.21. The van der Waals surface area contributed by atoms with Gasteiger partial charge in [-0.2, -0.15) is 0 Å². The van der Waals surface area contributed by atoms with Crippen LogP contribution in [0.15, 0.2) is 0 Å². The van der Waals surface area contributed by atoms with Crippen LogP contribution < -0.4 is 16.0 Å². The Hall–Kier alpha value is -0.160. The maximum absolute atomic E-state index is 3.82. The highest BCUT2D eigenvalue weighted by Gasteiger charge is 2.23. The van der Waals surface area contributed by atoms with Gasteiger partial charge in [0.2, 0.25) is 0 Å². The van der Waals surface area contributed by atoms with Gasteiger partial charge in [-0.25, -0.2) is 0 Å². The van der Waals surface area contributed by atoms with Gasteiger partial charge in [0, 0.05) is 12.6 Å². The lowest BCUT2D eigenvalue weighted by molar-refractivity contribution is 0.145. The Balaban J connectivity index is 1.29. The molecule has 0 unspecified atom stereocenters. The van der Waals surface area contributed by atoms with E-state index in [-0.39, 0.29) is 0 Å². The van der Waals surface area contributed by atoms with Crippen LogP contribution in [0.3, 0.4) is 0 Å². The molecule has 3 rings (SSSR count). The minimum Gasteiger partial charge on any atom is -0.317 e. The van der Waals surface area contributed by atoms with Gasteiger partial charge in [0.05, 0.1) is 0 Å². The molecule has 0 saturated carbocycles. The number of piperidine rings is 3. The monoisotopic (exact) mass is 294 g/mol. The van der Waals surface area contributed by atoms with E-state index in [4.69, 9.17) is 0 Å². The van der Waals surface area contributed by atoms with Gasteiger partial charge in [-0.1, -0.05) is 0 Å². The van der Waals surface area contributed by atoms with Crippen LogP contribution in [-0.2, 0) is 0 Å². The largest absolute Gasteiger partial charge is 0.317 e. The van der Waals surface area contributed by atoms with Crippen molar-refractivity contribution in [2.75, 3.05) is 52.4 Å². The normalized spacial score (nSPS) is 28.0. The molecule has 0 radical (unpaired) electrons. The highest BCUT2D eigenvalue weighted by molar-refractivity contribution is 4.80. The highest BCUT2D eigenvalue weighted by atomic mass is 15.1. The second-order valence-corrected chi connectivity index (χ2v) is 7.37. The molecule has 3 N–H and O–H groups in total. The molecule has 0 bridgehead atoms. The lowest BCUT2D eigenvalue weighted by atomic mass is 9.93. The van der Waals surface area contributed by atoms with E-state index in [1.54, 1.807) is 0 Å². The van der Waals surface area contributed by atoms with Crippen LogP contribution in [-0.4, -0.2) is 63.3 Å². The third-order valence-corrected chi connectivity index (χ3v) is 5.72. The van der Waals surface area contributed by atoms with Crippen molar-refractivity contribution in [2.45, 2.75) is 44.6 Å². The zero-order valence-corrected chi connectivity index (χ0v) is 13.6. The van der Waals surface area contributed by atoms with Crippen molar-refractivity contribution in [2.24, 2.45) is 11.8 Å². The first kappa shape index (κ1) is 15.7. The van der Waals surface area contributed by atoms with Gasteiger partial charge in [-0.05, 0) is 96.2 Å². The van der Waals surface area contributed by atoms with Crippen molar-refractivity contribution < 1.29 is 0 Å². The zero-order chi connectivity index (χ0) is 14.3. The standard InChI is InChI=1S/C17H34N4/c1-7-18-8-2-16(1)14-21-11-5-15(6-12-21)13-20-17-3-9-19-10-4-17/h15-20H,1-14H2. The molecule has 4 heteroatoms. The van der Waals surface area contributed by atoms with Gasteiger partial charge in [-0.3, -0.25) is 0 Å². The zero-order valence-electron chi connectivity index (χ0n) is 13.6. The molecular weight excluding hydrogens is 260 g/mol. The van der Waals surface area contributed by atoms with Crippen molar-refractivity contribution in [1.29, 1.82) is 0 Å². The topological polar surface area (TPSA) is 39.3 Å². The third kappa shape index (κ3) is 5.20. The Labute approximate surface area is 130 Å². The predicted octanol–water partition coefficient (Wildman–Crippen LogP) is 1.04. The molecule has 0 aromatic carbocycles. The molecule has 21 heavy (non-hydrogen) atoms. The van der Waals surface area contributed by atoms with Crippen LogP contribution >= 0.6 is 0 Å². The van der Waals surface area contributed by atoms with E-state index in [1.165, 1.54) is 90.9 Å². The molecular formula is C17H34N4. The molecule has 0 atom stereocenters. The van der Waals surface area contributed by atoms with E-state index in [9.17, 15) is 0 Å².